The first kappa shape index (κ1) is 7.72. The van der Waals surface area contributed by atoms with E-state index in [1.807, 2.05) is 0 Å². The molecule has 2 heteroatoms. The van der Waals surface area contributed by atoms with Crippen molar-refractivity contribution in [2.45, 2.75) is 32.1 Å². The van der Waals surface area contributed by atoms with Gasteiger partial charge in [-0.25, -0.2) is 0 Å². The summed E-state index contributed by atoms with van der Waals surface area (Å²) in [7, 11) is 0. The number of hydrogen-bond donors (Lipinski definition) is 1. The summed E-state index contributed by atoms with van der Waals surface area (Å²) < 4.78 is 0. The van der Waals surface area contributed by atoms with Crippen molar-refractivity contribution in [2.24, 2.45) is 29.1 Å². The monoisotopic (exact) mass is 191 g/mol. The van der Waals surface area contributed by atoms with Gasteiger partial charge < -0.3 is 5.32 Å². The number of carbonyl (C=O) groups is 1. The first-order valence-electron chi connectivity index (χ1n) is 6.06. The number of carbonyl (C=O) groups excluding carboxylic acids is 1. The molecule has 3 saturated carbocycles. The normalized spacial score (nSPS) is 58.7. The number of fused-ring (bicyclic) bond motifs is 3. The van der Waals surface area contributed by atoms with Crippen LogP contribution in [-0.2, 0) is 4.79 Å². The summed E-state index contributed by atoms with van der Waals surface area (Å²) in [5, 5.41) is 3.07. The largest absolute Gasteiger partial charge is 0.355 e. The van der Waals surface area contributed by atoms with Gasteiger partial charge in [-0.05, 0) is 42.9 Å². The van der Waals surface area contributed by atoms with E-state index in [4.69, 9.17) is 0 Å². The van der Waals surface area contributed by atoms with Crippen LogP contribution >= 0.6 is 0 Å². The maximum atomic E-state index is 11.4. The molecule has 4 aliphatic rings. The zero-order valence-corrected chi connectivity index (χ0v) is 8.46. The van der Waals surface area contributed by atoms with Crippen molar-refractivity contribution in [3.63, 3.8) is 0 Å². The lowest BCUT2D eigenvalue weighted by Gasteiger charge is -2.57. The molecule has 1 N–H and O–H groups in total. The van der Waals surface area contributed by atoms with Crippen molar-refractivity contribution < 1.29 is 4.79 Å². The van der Waals surface area contributed by atoms with E-state index in [-0.39, 0.29) is 0 Å². The summed E-state index contributed by atoms with van der Waals surface area (Å²) in [6, 6.07) is 0. The molecule has 3 aliphatic carbocycles. The zero-order valence-electron chi connectivity index (χ0n) is 8.46. The molecule has 4 rings (SSSR count). The van der Waals surface area contributed by atoms with Crippen LogP contribution in [0.5, 0.6) is 0 Å². The molecule has 0 radical (unpaired) electrons. The molecule has 2 bridgehead atoms. The summed E-state index contributed by atoms with van der Waals surface area (Å²) >= 11 is 0. The highest BCUT2D eigenvalue weighted by Gasteiger charge is 2.67. The van der Waals surface area contributed by atoms with Gasteiger partial charge in [0.1, 0.15) is 0 Å². The molecule has 2 unspecified atom stereocenters. The summed E-state index contributed by atoms with van der Waals surface area (Å²) in [6.45, 7) is 1.00. The van der Waals surface area contributed by atoms with Gasteiger partial charge in [-0.3, -0.25) is 4.79 Å². The highest BCUT2D eigenvalue weighted by atomic mass is 16.1. The lowest BCUT2D eigenvalue weighted by molar-refractivity contribution is -0.126. The Bertz CT molecular complexity index is 305. The standard InChI is InChI=1S/C12H17NO/c14-11-5-12(6-13-11)9-2-1-7-3-8(9)10(12)4-7/h7-10H,1-6H2,(H,13,14)/t7?,8-,9?,10-,12-/m0/s1. The average molecular weight is 191 g/mol. The highest BCUT2D eigenvalue weighted by Crippen LogP contribution is 2.71. The predicted octanol–water partition coefficient (Wildman–Crippen LogP) is 1.56. The van der Waals surface area contributed by atoms with Crippen molar-refractivity contribution in [3.8, 4) is 0 Å². The van der Waals surface area contributed by atoms with E-state index in [1.54, 1.807) is 0 Å². The van der Waals surface area contributed by atoms with E-state index in [9.17, 15) is 4.79 Å². The molecule has 4 fully saturated rings. The molecule has 0 aromatic rings. The van der Waals surface area contributed by atoms with Gasteiger partial charge in [0.15, 0.2) is 0 Å². The zero-order chi connectivity index (χ0) is 9.34. The number of amides is 1. The van der Waals surface area contributed by atoms with Crippen molar-refractivity contribution in [2.75, 3.05) is 6.54 Å². The summed E-state index contributed by atoms with van der Waals surface area (Å²) in [5.74, 6) is 4.18. The van der Waals surface area contributed by atoms with E-state index >= 15 is 0 Å². The predicted molar refractivity (Wildman–Crippen MR) is 52.5 cm³/mol. The van der Waals surface area contributed by atoms with E-state index in [1.165, 1.54) is 25.7 Å². The smallest absolute Gasteiger partial charge is 0.220 e. The van der Waals surface area contributed by atoms with Gasteiger partial charge in [-0.2, -0.15) is 0 Å². The minimum atomic E-state index is 0.318. The molecule has 1 heterocycles. The second kappa shape index (κ2) is 2.17. The Labute approximate surface area is 84.4 Å². The van der Waals surface area contributed by atoms with Crippen LogP contribution in [0.3, 0.4) is 0 Å². The molecule has 0 aromatic heterocycles. The van der Waals surface area contributed by atoms with Crippen LogP contribution in [-0.4, -0.2) is 12.5 Å². The molecule has 0 aromatic carbocycles. The van der Waals surface area contributed by atoms with Crippen molar-refractivity contribution in [3.05, 3.63) is 0 Å². The Balaban J connectivity index is 1.73. The molecule has 76 valence electrons. The molecule has 2 nitrogen and oxygen atoms in total. The van der Waals surface area contributed by atoms with Crippen LogP contribution in [0.25, 0.3) is 0 Å². The SMILES string of the molecule is O=C1C[C@]2(CN1)C1CCC3C[C@@H]1[C@@H]2C3. The third-order valence-electron chi connectivity index (χ3n) is 5.69. The van der Waals surface area contributed by atoms with Crippen molar-refractivity contribution >= 4 is 5.91 Å². The summed E-state index contributed by atoms with van der Waals surface area (Å²) in [5.41, 5.74) is 0.438. The molecule has 14 heavy (non-hydrogen) atoms. The van der Waals surface area contributed by atoms with Crippen molar-refractivity contribution in [1.82, 2.24) is 5.32 Å². The average Bonchev–Trinajstić information content (AvgIpc) is 2.64. The topological polar surface area (TPSA) is 29.1 Å². The highest BCUT2D eigenvalue weighted by molar-refractivity contribution is 5.79. The molecule has 5 atom stereocenters. The van der Waals surface area contributed by atoms with Crippen LogP contribution in [0.2, 0.25) is 0 Å². The molecule has 1 saturated heterocycles. The van der Waals surface area contributed by atoms with Gasteiger partial charge in [-0.15, -0.1) is 0 Å². The lowest BCUT2D eigenvalue weighted by Crippen LogP contribution is -2.55. The van der Waals surface area contributed by atoms with E-state index in [2.05, 4.69) is 5.32 Å². The second-order valence-corrected chi connectivity index (χ2v) is 5.98. The Morgan fingerprint density at radius 1 is 1.21 bits per heavy atom. The summed E-state index contributed by atoms with van der Waals surface area (Å²) in [6.07, 6.45) is 6.65. The maximum absolute atomic E-state index is 11.4. The van der Waals surface area contributed by atoms with E-state index < -0.39 is 0 Å². The Morgan fingerprint density at radius 2 is 2.14 bits per heavy atom. The number of rotatable bonds is 0. The van der Waals surface area contributed by atoms with Gasteiger partial charge >= 0.3 is 0 Å². The number of nitrogens with one attached hydrogen (secondary N) is 1. The molecule has 1 aliphatic heterocycles. The first-order chi connectivity index (χ1) is 6.79. The quantitative estimate of drug-likeness (QED) is 0.618. The van der Waals surface area contributed by atoms with Crippen LogP contribution in [0.4, 0.5) is 0 Å². The fourth-order valence-electron chi connectivity index (χ4n) is 5.23. The van der Waals surface area contributed by atoms with Crippen LogP contribution in [0.1, 0.15) is 32.1 Å². The van der Waals surface area contributed by atoms with E-state index in [0.717, 1.165) is 36.6 Å². The Hall–Kier alpha value is -0.530. The minimum absolute atomic E-state index is 0.318. The van der Waals surface area contributed by atoms with Gasteiger partial charge in [-0.1, -0.05) is 6.42 Å². The Kier molecular flexibility index (Phi) is 1.20. The van der Waals surface area contributed by atoms with Crippen LogP contribution in [0, 0.1) is 29.1 Å². The number of hydrogen-bond acceptors (Lipinski definition) is 1. The second-order valence-electron chi connectivity index (χ2n) is 5.98. The molecular formula is C12H17NO. The third-order valence-corrected chi connectivity index (χ3v) is 5.69. The fraction of sp³-hybridized carbons (Fsp3) is 0.917. The van der Waals surface area contributed by atoms with Gasteiger partial charge in [0.2, 0.25) is 5.91 Å². The van der Waals surface area contributed by atoms with Gasteiger partial charge in [0.25, 0.3) is 0 Å². The minimum Gasteiger partial charge on any atom is -0.355 e. The van der Waals surface area contributed by atoms with Gasteiger partial charge in [0.05, 0.1) is 0 Å². The molecule has 1 spiro atoms. The summed E-state index contributed by atoms with van der Waals surface area (Å²) in [4.78, 5) is 11.4. The molecule has 1 amide bonds. The Morgan fingerprint density at radius 3 is 2.93 bits per heavy atom. The van der Waals surface area contributed by atoms with Crippen LogP contribution in [0.15, 0.2) is 0 Å². The third kappa shape index (κ3) is 0.665. The lowest BCUT2D eigenvalue weighted by atomic mass is 9.46. The van der Waals surface area contributed by atoms with Crippen LogP contribution < -0.4 is 5.32 Å². The fourth-order valence-corrected chi connectivity index (χ4v) is 5.23. The first-order valence-corrected chi connectivity index (χ1v) is 6.06. The van der Waals surface area contributed by atoms with Gasteiger partial charge in [0, 0.05) is 18.4 Å². The molecular weight excluding hydrogens is 174 g/mol. The maximum Gasteiger partial charge on any atom is 0.220 e. The van der Waals surface area contributed by atoms with Crippen molar-refractivity contribution in [1.29, 1.82) is 0 Å². The van der Waals surface area contributed by atoms with E-state index in [0.29, 0.717) is 11.3 Å².